The first-order valence-electron chi connectivity index (χ1n) is 4.18. The van der Waals surface area contributed by atoms with E-state index in [0.717, 1.165) is 0 Å². The van der Waals surface area contributed by atoms with E-state index in [1.807, 2.05) is 0 Å². The van der Waals surface area contributed by atoms with Crippen LogP contribution in [-0.2, 0) is 0 Å². The Hall–Kier alpha value is -0.240. The standard InChI is InChI=1S/C9H15NS/c1-7(11)9(10)8-5-3-2-4-6-8/h8,10-11H,1-6H2. The molecule has 1 rings (SSSR count). The average molecular weight is 169 g/mol. The Morgan fingerprint density at radius 2 is 1.82 bits per heavy atom. The van der Waals surface area contributed by atoms with Crippen LogP contribution in [0.4, 0.5) is 0 Å². The van der Waals surface area contributed by atoms with Crippen molar-refractivity contribution >= 4 is 18.3 Å². The van der Waals surface area contributed by atoms with E-state index in [-0.39, 0.29) is 0 Å². The summed E-state index contributed by atoms with van der Waals surface area (Å²) < 4.78 is 0. The second kappa shape index (κ2) is 3.96. The summed E-state index contributed by atoms with van der Waals surface area (Å²) >= 11 is 4.08. The zero-order valence-electron chi connectivity index (χ0n) is 6.77. The number of hydrogen-bond acceptors (Lipinski definition) is 2. The van der Waals surface area contributed by atoms with Crippen molar-refractivity contribution in [2.45, 2.75) is 32.1 Å². The molecule has 2 heteroatoms. The third kappa shape index (κ3) is 2.37. The molecule has 0 atom stereocenters. The van der Waals surface area contributed by atoms with Crippen molar-refractivity contribution in [1.29, 1.82) is 5.41 Å². The van der Waals surface area contributed by atoms with Crippen LogP contribution >= 0.6 is 12.6 Å². The van der Waals surface area contributed by atoms with Gasteiger partial charge < -0.3 is 5.41 Å². The van der Waals surface area contributed by atoms with Crippen LogP contribution in [0.1, 0.15) is 32.1 Å². The van der Waals surface area contributed by atoms with E-state index in [0.29, 0.717) is 16.5 Å². The van der Waals surface area contributed by atoms with Crippen molar-refractivity contribution in [3.63, 3.8) is 0 Å². The van der Waals surface area contributed by atoms with Crippen LogP contribution in [0.25, 0.3) is 0 Å². The Balaban J connectivity index is 2.45. The molecule has 0 amide bonds. The molecular formula is C9H15NS. The lowest BCUT2D eigenvalue weighted by molar-refractivity contribution is 0.439. The largest absolute Gasteiger partial charge is 0.304 e. The van der Waals surface area contributed by atoms with E-state index >= 15 is 0 Å². The molecule has 1 nitrogen and oxygen atoms in total. The summed E-state index contributed by atoms with van der Waals surface area (Å²) in [7, 11) is 0. The van der Waals surface area contributed by atoms with Gasteiger partial charge in [0.05, 0.1) is 0 Å². The fraction of sp³-hybridized carbons (Fsp3) is 0.667. The highest BCUT2D eigenvalue weighted by atomic mass is 32.1. The number of nitrogens with one attached hydrogen (secondary N) is 1. The van der Waals surface area contributed by atoms with Crippen LogP contribution in [0.2, 0.25) is 0 Å². The predicted molar refractivity (Wildman–Crippen MR) is 52.4 cm³/mol. The number of hydrogen-bond donors (Lipinski definition) is 2. The first-order chi connectivity index (χ1) is 5.22. The van der Waals surface area contributed by atoms with Gasteiger partial charge in [0.1, 0.15) is 0 Å². The van der Waals surface area contributed by atoms with Crippen LogP contribution in [0.3, 0.4) is 0 Å². The molecule has 0 saturated heterocycles. The number of allylic oxidation sites excluding steroid dienone is 1. The molecule has 0 radical (unpaired) electrons. The maximum Gasteiger partial charge on any atom is 0.0471 e. The van der Waals surface area contributed by atoms with Gasteiger partial charge in [0, 0.05) is 16.5 Å². The van der Waals surface area contributed by atoms with Gasteiger partial charge in [-0.25, -0.2) is 0 Å². The zero-order chi connectivity index (χ0) is 8.27. The van der Waals surface area contributed by atoms with E-state index in [1.54, 1.807) is 0 Å². The molecule has 0 aromatic rings. The van der Waals surface area contributed by atoms with Crippen LogP contribution in [0, 0.1) is 11.3 Å². The van der Waals surface area contributed by atoms with E-state index in [4.69, 9.17) is 5.41 Å². The molecule has 0 bridgehead atoms. The summed E-state index contributed by atoms with van der Waals surface area (Å²) in [5, 5.41) is 7.66. The second-order valence-electron chi connectivity index (χ2n) is 3.20. The molecule has 0 unspecified atom stereocenters. The molecule has 62 valence electrons. The summed E-state index contributed by atoms with van der Waals surface area (Å²) in [4.78, 5) is 0.650. The van der Waals surface area contributed by atoms with E-state index in [9.17, 15) is 0 Å². The number of thiol groups is 1. The lowest BCUT2D eigenvalue weighted by atomic mass is 9.86. The maximum atomic E-state index is 7.66. The van der Waals surface area contributed by atoms with Gasteiger partial charge >= 0.3 is 0 Å². The molecule has 1 saturated carbocycles. The van der Waals surface area contributed by atoms with Crippen molar-refractivity contribution < 1.29 is 0 Å². The monoisotopic (exact) mass is 169 g/mol. The van der Waals surface area contributed by atoms with E-state index in [1.165, 1.54) is 32.1 Å². The molecule has 0 aromatic carbocycles. The van der Waals surface area contributed by atoms with Crippen LogP contribution < -0.4 is 0 Å². The van der Waals surface area contributed by atoms with Gasteiger partial charge in [-0.1, -0.05) is 25.8 Å². The Bertz CT molecular complexity index is 168. The molecule has 1 aliphatic carbocycles. The smallest absolute Gasteiger partial charge is 0.0471 e. The SMILES string of the molecule is C=C(S)C(=N)C1CCCCC1. The first-order valence-corrected chi connectivity index (χ1v) is 4.63. The molecule has 1 fully saturated rings. The van der Waals surface area contributed by atoms with Gasteiger partial charge in [-0.2, -0.15) is 0 Å². The van der Waals surface area contributed by atoms with Crippen molar-refractivity contribution in [2.24, 2.45) is 5.92 Å². The quantitative estimate of drug-likeness (QED) is 0.469. The molecule has 0 aromatic heterocycles. The van der Waals surface area contributed by atoms with Crippen molar-refractivity contribution in [2.75, 3.05) is 0 Å². The van der Waals surface area contributed by atoms with Gasteiger partial charge in [-0.05, 0) is 12.8 Å². The van der Waals surface area contributed by atoms with Crippen molar-refractivity contribution in [3.8, 4) is 0 Å². The van der Waals surface area contributed by atoms with Crippen molar-refractivity contribution in [3.05, 3.63) is 11.5 Å². The number of rotatable bonds is 2. The van der Waals surface area contributed by atoms with Gasteiger partial charge in [0.2, 0.25) is 0 Å². The topological polar surface area (TPSA) is 23.9 Å². The molecule has 1 aliphatic rings. The fourth-order valence-corrected chi connectivity index (χ4v) is 1.81. The lowest BCUT2D eigenvalue weighted by Crippen LogP contribution is -2.16. The summed E-state index contributed by atoms with van der Waals surface area (Å²) in [6.45, 7) is 3.67. The minimum Gasteiger partial charge on any atom is -0.304 e. The highest BCUT2D eigenvalue weighted by Gasteiger charge is 2.18. The summed E-state index contributed by atoms with van der Waals surface area (Å²) in [5.74, 6) is 0.453. The Kier molecular flexibility index (Phi) is 3.18. The molecule has 1 N–H and O–H groups in total. The first kappa shape index (κ1) is 8.85. The van der Waals surface area contributed by atoms with Gasteiger partial charge in [-0.3, -0.25) is 0 Å². The van der Waals surface area contributed by atoms with Gasteiger partial charge in [0.15, 0.2) is 0 Å². The predicted octanol–water partition coefficient (Wildman–Crippen LogP) is 3.03. The zero-order valence-corrected chi connectivity index (χ0v) is 7.66. The molecule has 0 heterocycles. The van der Waals surface area contributed by atoms with Gasteiger partial charge in [0.25, 0.3) is 0 Å². The Labute approximate surface area is 73.8 Å². The molecule has 0 aliphatic heterocycles. The second-order valence-corrected chi connectivity index (χ2v) is 3.74. The Morgan fingerprint density at radius 1 is 1.27 bits per heavy atom. The lowest BCUT2D eigenvalue weighted by Gasteiger charge is -2.21. The normalized spacial score (nSPS) is 19.7. The minimum atomic E-state index is 0.453. The highest BCUT2D eigenvalue weighted by Crippen LogP contribution is 2.26. The third-order valence-corrected chi connectivity index (χ3v) is 2.57. The maximum absolute atomic E-state index is 7.66. The fourth-order valence-electron chi connectivity index (χ4n) is 1.63. The average Bonchev–Trinajstić information content (AvgIpc) is 2.05. The van der Waals surface area contributed by atoms with E-state index in [2.05, 4.69) is 19.2 Å². The van der Waals surface area contributed by atoms with E-state index < -0.39 is 0 Å². The van der Waals surface area contributed by atoms with Crippen LogP contribution in [0.15, 0.2) is 11.5 Å². The molecule has 11 heavy (non-hydrogen) atoms. The van der Waals surface area contributed by atoms with Crippen LogP contribution in [-0.4, -0.2) is 5.71 Å². The minimum absolute atomic E-state index is 0.453. The van der Waals surface area contributed by atoms with Crippen molar-refractivity contribution in [1.82, 2.24) is 0 Å². The highest BCUT2D eigenvalue weighted by molar-refractivity contribution is 7.85. The Morgan fingerprint density at radius 3 is 2.27 bits per heavy atom. The summed E-state index contributed by atoms with van der Waals surface area (Å²) in [5.41, 5.74) is 0.660. The summed E-state index contributed by atoms with van der Waals surface area (Å²) in [6, 6.07) is 0. The van der Waals surface area contributed by atoms with Gasteiger partial charge in [-0.15, -0.1) is 12.6 Å². The third-order valence-electron chi connectivity index (χ3n) is 2.32. The summed E-state index contributed by atoms with van der Waals surface area (Å²) in [6.07, 6.45) is 6.21. The van der Waals surface area contributed by atoms with Crippen LogP contribution in [0.5, 0.6) is 0 Å². The molecule has 0 spiro atoms. The molecular weight excluding hydrogens is 154 g/mol.